The summed E-state index contributed by atoms with van der Waals surface area (Å²) in [4.78, 5) is 21.4. The molecule has 0 unspecified atom stereocenters. The molecule has 0 aromatic rings. The predicted octanol–water partition coefficient (Wildman–Crippen LogP) is -0.714. The lowest BCUT2D eigenvalue weighted by molar-refractivity contribution is -0.140. The molecule has 0 bridgehead atoms. The van der Waals surface area contributed by atoms with Crippen molar-refractivity contribution in [3.63, 3.8) is 0 Å². The van der Waals surface area contributed by atoms with Gasteiger partial charge in [0.15, 0.2) is 5.75 Å². The highest BCUT2D eigenvalue weighted by molar-refractivity contribution is 7.89. The molecule has 0 aromatic carbocycles. The van der Waals surface area contributed by atoms with Gasteiger partial charge in [-0.25, -0.2) is 8.42 Å². The van der Waals surface area contributed by atoms with Crippen LogP contribution in [-0.2, 0) is 24.3 Å². The van der Waals surface area contributed by atoms with Gasteiger partial charge in [0.25, 0.3) is 0 Å². The van der Waals surface area contributed by atoms with Crippen LogP contribution in [0.1, 0.15) is 13.8 Å². The van der Waals surface area contributed by atoms with Crippen LogP contribution in [-0.4, -0.2) is 55.2 Å². The standard InChI is InChI=1S/C8H15NO6S/c1-3-9(5-7(10)11)16(13,14)6-8(12)15-4-2/h3-6H2,1-2H3,(H,10,11). The lowest BCUT2D eigenvalue weighted by atomic mass is 10.6. The second-order valence-electron chi connectivity index (χ2n) is 2.88. The summed E-state index contributed by atoms with van der Waals surface area (Å²) in [6.07, 6.45) is 0. The monoisotopic (exact) mass is 253 g/mol. The van der Waals surface area contributed by atoms with Gasteiger partial charge < -0.3 is 9.84 Å². The van der Waals surface area contributed by atoms with E-state index in [0.29, 0.717) is 4.31 Å². The Labute approximate surface area is 94.0 Å². The molecule has 0 radical (unpaired) electrons. The van der Waals surface area contributed by atoms with Gasteiger partial charge in [-0.15, -0.1) is 0 Å². The van der Waals surface area contributed by atoms with Crippen LogP contribution in [0.4, 0.5) is 0 Å². The fraction of sp³-hybridized carbons (Fsp3) is 0.750. The third-order valence-electron chi connectivity index (χ3n) is 1.66. The number of carboxylic acid groups (broad SMARTS) is 1. The van der Waals surface area contributed by atoms with Crippen molar-refractivity contribution < 1.29 is 27.9 Å². The van der Waals surface area contributed by atoms with Gasteiger partial charge >= 0.3 is 11.9 Å². The molecule has 16 heavy (non-hydrogen) atoms. The molecule has 0 saturated heterocycles. The van der Waals surface area contributed by atoms with Crippen molar-refractivity contribution in [1.29, 1.82) is 0 Å². The van der Waals surface area contributed by atoms with Crippen LogP contribution in [0.15, 0.2) is 0 Å². The van der Waals surface area contributed by atoms with Crippen LogP contribution in [0.5, 0.6) is 0 Å². The van der Waals surface area contributed by atoms with E-state index in [1.54, 1.807) is 6.92 Å². The maximum absolute atomic E-state index is 11.5. The molecule has 0 aliphatic heterocycles. The molecule has 94 valence electrons. The van der Waals surface area contributed by atoms with Crippen molar-refractivity contribution in [3.8, 4) is 0 Å². The molecular formula is C8H15NO6S. The molecule has 0 fully saturated rings. The molecule has 0 atom stereocenters. The summed E-state index contributed by atoms with van der Waals surface area (Å²) in [5.41, 5.74) is 0. The third kappa shape index (κ3) is 5.08. The Morgan fingerprint density at radius 3 is 2.25 bits per heavy atom. The van der Waals surface area contributed by atoms with Crippen molar-refractivity contribution in [2.45, 2.75) is 13.8 Å². The van der Waals surface area contributed by atoms with Gasteiger partial charge in [-0.2, -0.15) is 4.31 Å². The van der Waals surface area contributed by atoms with Crippen molar-refractivity contribution in [1.82, 2.24) is 4.31 Å². The summed E-state index contributed by atoms with van der Waals surface area (Å²) in [5, 5.41) is 8.49. The van der Waals surface area contributed by atoms with E-state index >= 15 is 0 Å². The first-order valence-corrected chi connectivity index (χ1v) is 6.29. The normalized spacial score (nSPS) is 11.4. The summed E-state index contributed by atoms with van der Waals surface area (Å²) in [6.45, 7) is 2.47. The van der Waals surface area contributed by atoms with Gasteiger partial charge in [0.2, 0.25) is 10.0 Å². The summed E-state index contributed by atoms with van der Waals surface area (Å²) in [6, 6.07) is 0. The van der Waals surface area contributed by atoms with Gasteiger partial charge in [-0.3, -0.25) is 9.59 Å². The average Bonchev–Trinajstić information content (AvgIpc) is 2.12. The minimum atomic E-state index is -3.91. The van der Waals surface area contributed by atoms with E-state index in [1.807, 2.05) is 0 Å². The van der Waals surface area contributed by atoms with Crippen LogP contribution < -0.4 is 0 Å². The average molecular weight is 253 g/mol. The van der Waals surface area contributed by atoms with Crippen LogP contribution in [0.3, 0.4) is 0 Å². The van der Waals surface area contributed by atoms with Crippen LogP contribution >= 0.6 is 0 Å². The molecule has 0 rings (SSSR count). The maximum atomic E-state index is 11.5. The highest BCUT2D eigenvalue weighted by Crippen LogP contribution is 2.02. The third-order valence-corrected chi connectivity index (χ3v) is 3.44. The van der Waals surface area contributed by atoms with E-state index in [1.165, 1.54) is 6.92 Å². The second-order valence-corrected chi connectivity index (χ2v) is 4.85. The van der Waals surface area contributed by atoms with E-state index in [9.17, 15) is 18.0 Å². The zero-order valence-corrected chi connectivity index (χ0v) is 9.99. The van der Waals surface area contributed by atoms with E-state index in [-0.39, 0.29) is 13.2 Å². The van der Waals surface area contributed by atoms with Gasteiger partial charge in [0.1, 0.15) is 6.54 Å². The second kappa shape index (κ2) is 6.44. The quantitative estimate of drug-likeness (QED) is 0.601. The maximum Gasteiger partial charge on any atom is 0.322 e. The molecule has 0 spiro atoms. The van der Waals surface area contributed by atoms with E-state index in [4.69, 9.17) is 5.11 Å². The number of carboxylic acids is 1. The number of carbonyl (C=O) groups excluding carboxylic acids is 1. The van der Waals surface area contributed by atoms with Gasteiger partial charge in [-0.05, 0) is 6.92 Å². The summed E-state index contributed by atoms with van der Waals surface area (Å²) in [7, 11) is -3.91. The lowest BCUT2D eigenvalue weighted by Crippen LogP contribution is -2.39. The fourth-order valence-electron chi connectivity index (χ4n) is 1.00. The number of ether oxygens (including phenoxy) is 1. The lowest BCUT2D eigenvalue weighted by Gasteiger charge is -2.17. The van der Waals surface area contributed by atoms with Crippen molar-refractivity contribution in [3.05, 3.63) is 0 Å². The Morgan fingerprint density at radius 2 is 1.88 bits per heavy atom. The Morgan fingerprint density at radius 1 is 1.31 bits per heavy atom. The molecule has 7 nitrogen and oxygen atoms in total. The Bertz CT molecular complexity index is 350. The first kappa shape index (κ1) is 14.8. The SMILES string of the molecule is CCOC(=O)CS(=O)(=O)N(CC)CC(=O)O. The minimum Gasteiger partial charge on any atom is -0.480 e. The number of hydrogen-bond donors (Lipinski definition) is 1. The zero-order chi connectivity index (χ0) is 12.8. The summed E-state index contributed by atoms with van der Waals surface area (Å²) < 4.78 is 28.3. The molecule has 1 N–H and O–H groups in total. The van der Waals surface area contributed by atoms with E-state index in [0.717, 1.165) is 0 Å². The van der Waals surface area contributed by atoms with Crippen LogP contribution in [0.25, 0.3) is 0 Å². The number of likely N-dealkylation sites (N-methyl/N-ethyl adjacent to an activating group) is 1. The number of carbonyl (C=O) groups is 2. The molecule has 0 aliphatic rings. The molecular weight excluding hydrogens is 238 g/mol. The first-order valence-electron chi connectivity index (χ1n) is 4.68. The Balaban J connectivity index is 4.61. The van der Waals surface area contributed by atoms with E-state index in [2.05, 4.69) is 4.74 Å². The first-order chi connectivity index (χ1) is 7.33. The molecule has 0 aromatic heterocycles. The molecule has 0 saturated carbocycles. The zero-order valence-electron chi connectivity index (χ0n) is 9.17. The summed E-state index contributed by atoms with van der Waals surface area (Å²) >= 11 is 0. The van der Waals surface area contributed by atoms with Crippen molar-refractivity contribution in [2.24, 2.45) is 0 Å². The number of hydrogen-bond acceptors (Lipinski definition) is 5. The molecule has 0 amide bonds. The summed E-state index contributed by atoms with van der Waals surface area (Å²) in [5.74, 6) is -2.98. The van der Waals surface area contributed by atoms with Gasteiger partial charge in [-0.1, -0.05) is 6.92 Å². The van der Waals surface area contributed by atoms with E-state index < -0.39 is 34.3 Å². The topological polar surface area (TPSA) is 101 Å². The smallest absolute Gasteiger partial charge is 0.322 e. The largest absolute Gasteiger partial charge is 0.480 e. The van der Waals surface area contributed by atoms with Gasteiger partial charge in [0.05, 0.1) is 6.61 Å². The Kier molecular flexibility index (Phi) is 5.97. The number of rotatable bonds is 7. The number of nitrogens with zero attached hydrogens (tertiary/aromatic N) is 1. The van der Waals surface area contributed by atoms with Crippen LogP contribution in [0, 0.1) is 0 Å². The number of aliphatic carboxylic acids is 1. The molecule has 0 aliphatic carbocycles. The minimum absolute atomic E-state index is 0.00591. The number of esters is 1. The highest BCUT2D eigenvalue weighted by Gasteiger charge is 2.26. The Hall–Kier alpha value is -1.15. The highest BCUT2D eigenvalue weighted by atomic mass is 32.2. The van der Waals surface area contributed by atoms with Crippen molar-refractivity contribution >= 4 is 22.0 Å². The molecule has 0 heterocycles. The van der Waals surface area contributed by atoms with Crippen LogP contribution in [0.2, 0.25) is 0 Å². The fourth-order valence-corrected chi connectivity index (χ4v) is 2.26. The molecule has 8 heteroatoms. The predicted molar refractivity (Wildman–Crippen MR) is 55.3 cm³/mol. The number of sulfonamides is 1. The van der Waals surface area contributed by atoms with Gasteiger partial charge in [0, 0.05) is 6.54 Å². The van der Waals surface area contributed by atoms with Crippen molar-refractivity contribution in [2.75, 3.05) is 25.4 Å².